The van der Waals surface area contributed by atoms with Crippen LogP contribution in [0.3, 0.4) is 0 Å². The fourth-order valence-electron chi connectivity index (χ4n) is 4.64. The van der Waals surface area contributed by atoms with E-state index in [2.05, 4.69) is 20.3 Å². The molecule has 2 aliphatic carbocycles. The second-order valence-electron chi connectivity index (χ2n) is 10.1. The maximum absolute atomic E-state index is 10.2. The van der Waals surface area contributed by atoms with Crippen LogP contribution in [0.2, 0.25) is 0 Å². The minimum absolute atomic E-state index is 0. The molecule has 0 aliphatic heterocycles. The van der Waals surface area contributed by atoms with Crippen molar-refractivity contribution >= 4 is 0 Å². The summed E-state index contributed by atoms with van der Waals surface area (Å²) in [5.74, 6) is 1.66. The quantitative estimate of drug-likeness (QED) is 0.221. The second-order valence-corrected chi connectivity index (χ2v) is 10.1. The molecule has 2 rings (SSSR count). The molecule has 2 aliphatic rings. The van der Waals surface area contributed by atoms with Crippen LogP contribution in [-0.4, -0.2) is 26.1 Å². The second kappa shape index (κ2) is 24.0. The zero-order valence-electron chi connectivity index (χ0n) is 22.6. The van der Waals surface area contributed by atoms with Gasteiger partial charge in [-0.1, -0.05) is 25.7 Å². The van der Waals surface area contributed by atoms with Gasteiger partial charge in [0, 0.05) is 164 Å². The Morgan fingerprint density at radius 3 is 1.45 bits per heavy atom. The van der Waals surface area contributed by atoms with E-state index < -0.39 is 0 Å². The van der Waals surface area contributed by atoms with E-state index in [1.54, 1.807) is 5.92 Å². The van der Waals surface area contributed by atoms with E-state index in [1.807, 2.05) is 41.5 Å². The standard InChI is InChI=1S/C18H32NO.C6H13NO.5Y/c1-15(2)19(20)17(3,4)14-16-8-12-18(13-9-16)10-6-5-7-11-18;1-5(2)7(8)6(3)4;;;;;/h5,20H,6-14H2,1-4H3;8H,1-4H3;;;;;/q-3;-2;;;;;. The molecule has 0 saturated heterocycles. The first-order valence-corrected chi connectivity index (χ1v) is 10.9. The Morgan fingerprint density at radius 1 is 0.758 bits per heavy atom. The Bertz CT molecular complexity index is 431. The average molecular weight is 838 g/mol. The van der Waals surface area contributed by atoms with Gasteiger partial charge in [0.05, 0.1) is 0 Å². The molecule has 9 heteroatoms. The molecule has 0 amide bonds. The van der Waals surface area contributed by atoms with Crippen LogP contribution in [0.15, 0.2) is 0 Å². The molecule has 1 spiro atoms. The molecule has 0 unspecified atom stereocenters. The Balaban J connectivity index is -0.000000177. The fraction of sp³-hybridized carbons (Fsp3) is 0.792. The van der Waals surface area contributed by atoms with Crippen molar-refractivity contribution in [3.05, 3.63) is 30.5 Å². The maximum atomic E-state index is 10.2. The van der Waals surface area contributed by atoms with Crippen molar-refractivity contribution in [1.29, 1.82) is 0 Å². The summed E-state index contributed by atoms with van der Waals surface area (Å²) in [5.41, 5.74) is 0.493. The van der Waals surface area contributed by atoms with Gasteiger partial charge in [-0.3, -0.25) is 12.1 Å². The molecular formula is C24H45N2O2Y5-5. The third kappa shape index (κ3) is 18.4. The normalized spacial score (nSPS) is 17.9. The molecule has 4 nitrogen and oxygen atoms in total. The van der Waals surface area contributed by atoms with E-state index >= 15 is 0 Å². The molecule has 0 heterocycles. The van der Waals surface area contributed by atoms with Gasteiger partial charge in [-0.05, 0) is 24.8 Å². The molecule has 2 fully saturated rings. The molecule has 0 bridgehead atoms. The molecular weight excluding hydrogens is 793 g/mol. The summed E-state index contributed by atoms with van der Waals surface area (Å²) < 4.78 is 0. The zero-order valence-corrected chi connectivity index (χ0v) is 36.8. The first-order chi connectivity index (χ1) is 12.9. The Labute approximate surface area is 332 Å². The van der Waals surface area contributed by atoms with Gasteiger partial charge in [0.2, 0.25) is 0 Å². The van der Waals surface area contributed by atoms with Gasteiger partial charge in [0.1, 0.15) is 0 Å². The number of hydroxylamine groups is 4. The summed E-state index contributed by atoms with van der Waals surface area (Å²) in [5, 5.41) is 21.8. The van der Waals surface area contributed by atoms with Crippen molar-refractivity contribution in [3.8, 4) is 0 Å². The van der Waals surface area contributed by atoms with Gasteiger partial charge < -0.3 is 32.9 Å². The molecule has 183 valence electrons. The summed E-state index contributed by atoms with van der Waals surface area (Å²) in [6.07, 6.45) is 14.3. The van der Waals surface area contributed by atoms with Crippen molar-refractivity contribution < 1.29 is 174 Å². The molecule has 2 N–H and O–H groups in total. The van der Waals surface area contributed by atoms with Gasteiger partial charge in [0.25, 0.3) is 0 Å². The third-order valence-corrected chi connectivity index (χ3v) is 6.30. The molecule has 33 heavy (non-hydrogen) atoms. The van der Waals surface area contributed by atoms with E-state index in [0.29, 0.717) is 5.41 Å². The van der Waals surface area contributed by atoms with E-state index in [-0.39, 0.29) is 169 Å². The minimum atomic E-state index is -0.168. The summed E-state index contributed by atoms with van der Waals surface area (Å²) in [4.78, 5) is 0. The zero-order chi connectivity index (χ0) is 21.5. The van der Waals surface area contributed by atoms with E-state index in [0.717, 1.165) is 24.5 Å². The van der Waals surface area contributed by atoms with E-state index in [9.17, 15) is 5.21 Å². The molecule has 0 aromatic rings. The van der Waals surface area contributed by atoms with Crippen LogP contribution in [-0.2, 0) is 164 Å². The van der Waals surface area contributed by atoms with Crippen molar-refractivity contribution in [2.24, 2.45) is 5.41 Å². The van der Waals surface area contributed by atoms with E-state index in [4.69, 9.17) is 5.21 Å². The van der Waals surface area contributed by atoms with Gasteiger partial charge in [-0.15, -0.1) is 0 Å². The van der Waals surface area contributed by atoms with Crippen molar-refractivity contribution in [1.82, 2.24) is 10.1 Å². The minimum Gasteiger partial charge on any atom is -0.486 e. The van der Waals surface area contributed by atoms with Crippen LogP contribution in [0.4, 0.5) is 0 Å². The third-order valence-electron chi connectivity index (χ3n) is 6.30. The van der Waals surface area contributed by atoms with Crippen molar-refractivity contribution in [2.45, 2.75) is 119 Å². The number of nitrogens with zero attached hydrogens (tertiary/aromatic N) is 2. The molecule has 5 radical (unpaired) electrons. The summed E-state index contributed by atoms with van der Waals surface area (Å²) in [7, 11) is 0. The van der Waals surface area contributed by atoms with E-state index in [1.165, 1.54) is 61.5 Å². The predicted octanol–water partition coefficient (Wildman–Crippen LogP) is 7.14. The predicted molar refractivity (Wildman–Crippen MR) is 117 cm³/mol. The Morgan fingerprint density at radius 2 is 1.15 bits per heavy atom. The van der Waals surface area contributed by atoms with Crippen LogP contribution in [0.5, 0.6) is 0 Å². The smallest absolute Gasteiger partial charge is 0 e. The van der Waals surface area contributed by atoms with Crippen molar-refractivity contribution in [2.75, 3.05) is 0 Å². The first-order valence-electron chi connectivity index (χ1n) is 10.9. The van der Waals surface area contributed by atoms with Gasteiger partial charge in [-0.2, -0.15) is 73.6 Å². The SMILES string of the molecule is C[C-](C)N(O)C(C)(C)C[C-]1CCC2(CC[CH-]CC2)CC1.C[C-](C)N(O)[C-](C)C.[Y].[Y].[Y].[Y].[Y]. The average Bonchev–Trinajstić information content (AvgIpc) is 2.63. The number of hydrogen-bond donors (Lipinski definition) is 2. The van der Waals surface area contributed by atoms with Crippen molar-refractivity contribution in [3.63, 3.8) is 0 Å². The largest absolute Gasteiger partial charge is 0.486 e. The summed E-state index contributed by atoms with van der Waals surface area (Å²) >= 11 is 0. The first kappa shape index (κ1) is 48.1. The Hall–Kier alpha value is 5.36. The van der Waals surface area contributed by atoms with Crippen LogP contribution in [0.1, 0.15) is 113 Å². The van der Waals surface area contributed by atoms with Gasteiger partial charge in [-0.25, -0.2) is 6.04 Å². The maximum Gasteiger partial charge on any atom is 0 e. The van der Waals surface area contributed by atoms with Crippen LogP contribution < -0.4 is 0 Å². The monoisotopic (exact) mass is 838 g/mol. The van der Waals surface area contributed by atoms with Crippen LogP contribution >= 0.6 is 0 Å². The molecule has 0 aromatic carbocycles. The summed E-state index contributed by atoms with van der Waals surface area (Å²) in [6, 6.07) is 2.76. The van der Waals surface area contributed by atoms with Crippen LogP contribution in [0, 0.1) is 35.9 Å². The van der Waals surface area contributed by atoms with Gasteiger partial charge in [0.15, 0.2) is 0 Å². The molecule has 0 atom stereocenters. The number of rotatable bonds is 6. The molecule has 0 aromatic heterocycles. The summed E-state index contributed by atoms with van der Waals surface area (Å²) in [6.45, 7) is 15.7. The van der Waals surface area contributed by atoms with Gasteiger partial charge >= 0.3 is 0 Å². The van der Waals surface area contributed by atoms with Crippen LogP contribution in [0.25, 0.3) is 0 Å². The molecule has 2 saturated carbocycles. The number of hydrogen-bond acceptors (Lipinski definition) is 4. The topological polar surface area (TPSA) is 46.9 Å². The Kier molecular flexibility index (Phi) is 35.0. The fourth-order valence-corrected chi connectivity index (χ4v) is 4.64.